The topological polar surface area (TPSA) is 66.9 Å². The van der Waals surface area contributed by atoms with Crippen LogP contribution in [0, 0.1) is 5.92 Å². The van der Waals surface area contributed by atoms with Crippen molar-refractivity contribution in [1.82, 2.24) is 9.80 Å². The molecule has 6 nitrogen and oxygen atoms in total. The lowest BCUT2D eigenvalue weighted by atomic mass is 9.98. The zero-order valence-electron chi connectivity index (χ0n) is 15.3. The monoisotopic (exact) mass is 358 g/mol. The third-order valence-electron chi connectivity index (χ3n) is 5.08. The van der Waals surface area contributed by atoms with Crippen molar-refractivity contribution in [1.29, 1.82) is 0 Å². The summed E-state index contributed by atoms with van der Waals surface area (Å²) in [4.78, 5) is 40.3. The van der Waals surface area contributed by atoms with Gasteiger partial charge in [0.1, 0.15) is 0 Å². The molecular formula is C20H26N2O4. The molecule has 1 unspecified atom stereocenters. The number of piperidine rings is 1. The van der Waals surface area contributed by atoms with Crippen molar-refractivity contribution in [2.24, 2.45) is 5.92 Å². The lowest BCUT2D eigenvalue weighted by Crippen LogP contribution is -2.41. The summed E-state index contributed by atoms with van der Waals surface area (Å²) in [5, 5.41) is 0. The van der Waals surface area contributed by atoms with E-state index in [1.54, 1.807) is 24.3 Å². The molecular weight excluding hydrogens is 332 g/mol. The fraction of sp³-hybridized carbons (Fsp3) is 0.550. The summed E-state index contributed by atoms with van der Waals surface area (Å²) in [5.41, 5.74) is 0.914. The molecule has 3 rings (SSSR count). The number of amides is 3. The van der Waals surface area contributed by atoms with Crippen LogP contribution in [0.3, 0.4) is 0 Å². The van der Waals surface area contributed by atoms with Gasteiger partial charge in [-0.25, -0.2) is 0 Å². The van der Waals surface area contributed by atoms with Crippen LogP contribution in [0.25, 0.3) is 0 Å². The molecule has 0 N–H and O–H groups in total. The van der Waals surface area contributed by atoms with E-state index in [1.807, 2.05) is 11.8 Å². The second-order valence-electron chi connectivity index (χ2n) is 6.92. The summed E-state index contributed by atoms with van der Waals surface area (Å²) in [6, 6.07) is 6.86. The molecule has 140 valence electrons. The Hall–Kier alpha value is -2.21. The minimum absolute atomic E-state index is 0.0998. The summed E-state index contributed by atoms with van der Waals surface area (Å²) in [6.45, 7) is 5.19. The third kappa shape index (κ3) is 3.96. The maximum atomic E-state index is 12.5. The van der Waals surface area contributed by atoms with Gasteiger partial charge in [-0.3, -0.25) is 19.3 Å². The Morgan fingerprint density at radius 3 is 2.54 bits per heavy atom. The van der Waals surface area contributed by atoms with Crippen LogP contribution in [0.1, 0.15) is 53.3 Å². The van der Waals surface area contributed by atoms with Crippen molar-refractivity contribution in [3.05, 3.63) is 35.4 Å². The lowest BCUT2D eigenvalue weighted by Gasteiger charge is -2.32. The van der Waals surface area contributed by atoms with Crippen molar-refractivity contribution in [3.63, 3.8) is 0 Å². The number of rotatable bonds is 7. The fourth-order valence-corrected chi connectivity index (χ4v) is 3.70. The first-order valence-electron chi connectivity index (χ1n) is 9.42. The Labute approximate surface area is 154 Å². The van der Waals surface area contributed by atoms with Crippen LogP contribution in [-0.2, 0) is 9.53 Å². The molecule has 2 heterocycles. The minimum Gasteiger partial charge on any atom is -0.381 e. The van der Waals surface area contributed by atoms with Crippen LogP contribution >= 0.6 is 0 Å². The maximum Gasteiger partial charge on any atom is 0.261 e. The van der Waals surface area contributed by atoms with E-state index in [1.165, 1.54) is 4.90 Å². The smallest absolute Gasteiger partial charge is 0.261 e. The minimum atomic E-state index is -0.257. The van der Waals surface area contributed by atoms with Crippen molar-refractivity contribution >= 4 is 17.7 Å². The van der Waals surface area contributed by atoms with Gasteiger partial charge in [0.05, 0.1) is 17.7 Å². The van der Waals surface area contributed by atoms with Gasteiger partial charge in [-0.05, 0) is 44.2 Å². The first-order valence-corrected chi connectivity index (χ1v) is 9.42. The highest BCUT2D eigenvalue weighted by atomic mass is 16.5. The maximum absolute atomic E-state index is 12.5. The van der Waals surface area contributed by atoms with Gasteiger partial charge in [-0.15, -0.1) is 0 Å². The summed E-state index contributed by atoms with van der Waals surface area (Å²) in [5.74, 6) is -0.00714. The molecule has 1 aromatic carbocycles. The Kier molecular flexibility index (Phi) is 6.04. The van der Waals surface area contributed by atoms with Gasteiger partial charge in [0, 0.05) is 32.7 Å². The first-order chi connectivity index (χ1) is 12.6. The van der Waals surface area contributed by atoms with Crippen molar-refractivity contribution < 1.29 is 19.1 Å². The molecule has 6 heteroatoms. The molecule has 1 fully saturated rings. The molecule has 2 aliphatic rings. The summed E-state index contributed by atoms with van der Waals surface area (Å²) in [7, 11) is 0. The Morgan fingerprint density at radius 2 is 1.88 bits per heavy atom. The van der Waals surface area contributed by atoms with E-state index in [-0.39, 0.29) is 24.3 Å². The average Bonchev–Trinajstić information content (AvgIpc) is 2.91. The number of hydrogen-bond acceptors (Lipinski definition) is 4. The van der Waals surface area contributed by atoms with E-state index in [4.69, 9.17) is 4.74 Å². The van der Waals surface area contributed by atoms with Crippen LogP contribution in [-0.4, -0.2) is 60.4 Å². The molecule has 0 bridgehead atoms. The summed E-state index contributed by atoms with van der Waals surface area (Å²) in [6.07, 6.45) is 2.95. The number of likely N-dealkylation sites (tertiary alicyclic amines) is 1. The largest absolute Gasteiger partial charge is 0.381 e. The fourth-order valence-electron chi connectivity index (χ4n) is 3.70. The van der Waals surface area contributed by atoms with E-state index < -0.39 is 0 Å². The van der Waals surface area contributed by atoms with Gasteiger partial charge in [0.25, 0.3) is 11.8 Å². The van der Waals surface area contributed by atoms with Crippen molar-refractivity contribution in [3.8, 4) is 0 Å². The number of nitrogens with zero attached hydrogens (tertiary/aromatic N) is 2. The molecule has 3 amide bonds. The normalized spacial score (nSPS) is 19.8. The number of fused-ring (bicyclic) bond motifs is 1. The number of imide groups is 1. The Bertz CT molecular complexity index is 653. The number of carbonyl (C=O) groups is 3. The standard InChI is InChI=1S/C20H26N2O4/c1-2-26-14-15-7-5-11-21(13-15)18(23)10-6-12-22-19(24)16-8-3-4-9-17(16)20(22)25/h3-4,8-9,15H,2,5-7,10-14H2,1H3. The highest BCUT2D eigenvalue weighted by Crippen LogP contribution is 2.23. The predicted molar refractivity (Wildman–Crippen MR) is 96.8 cm³/mol. The van der Waals surface area contributed by atoms with Gasteiger partial charge < -0.3 is 9.64 Å². The first kappa shape index (κ1) is 18.6. The van der Waals surface area contributed by atoms with Crippen molar-refractivity contribution in [2.45, 2.75) is 32.6 Å². The second kappa shape index (κ2) is 8.45. The van der Waals surface area contributed by atoms with Crippen LogP contribution in [0.2, 0.25) is 0 Å². The Morgan fingerprint density at radius 1 is 1.19 bits per heavy atom. The molecule has 0 spiro atoms. The molecule has 1 atom stereocenters. The lowest BCUT2D eigenvalue weighted by molar-refractivity contribution is -0.133. The molecule has 0 aliphatic carbocycles. The number of hydrogen-bond donors (Lipinski definition) is 0. The molecule has 0 saturated carbocycles. The third-order valence-corrected chi connectivity index (χ3v) is 5.08. The zero-order chi connectivity index (χ0) is 18.5. The molecule has 0 radical (unpaired) electrons. The molecule has 26 heavy (non-hydrogen) atoms. The van der Waals surface area contributed by atoms with Gasteiger partial charge in [0.2, 0.25) is 5.91 Å². The van der Waals surface area contributed by atoms with Gasteiger partial charge in [0.15, 0.2) is 0 Å². The van der Waals surface area contributed by atoms with E-state index >= 15 is 0 Å². The Balaban J connectivity index is 1.47. The molecule has 1 aromatic rings. The van der Waals surface area contributed by atoms with Crippen LogP contribution in [0.5, 0.6) is 0 Å². The van der Waals surface area contributed by atoms with Gasteiger partial charge in [-0.2, -0.15) is 0 Å². The van der Waals surface area contributed by atoms with Gasteiger partial charge in [-0.1, -0.05) is 12.1 Å². The molecule has 0 aromatic heterocycles. The quantitative estimate of drug-likeness (QED) is 0.702. The second-order valence-corrected chi connectivity index (χ2v) is 6.92. The van der Waals surface area contributed by atoms with E-state index in [0.29, 0.717) is 43.1 Å². The average molecular weight is 358 g/mol. The van der Waals surface area contributed by atoms with Crippen LogP contribution in [0.4, 0.5) is 0 Å². The number of benzene rings is 1. The predicted octanol–water partition coefficient (Wildman–Crippen LogP) is 2.34. The number of ether oxygens (including phenoxy) is 1. The summed E-state index contributed by atoms with van der Waals surface area (Å²) >= 11 is 0. The van der Waals surface area contributed by atoms with Crippen LogP contribution < -0.4 is 0 Å². The highest BCUT2D eigenvalue weighted by Gasteiger charge is 2.34. The van der Waals surface area contributed by atoms with Gasteiger partial charge >= 0.3 is 0 Å². The highest BCUT2D eigenvalue weighted by molar-refractivity contribution is 6.21. The zero-order valence-corrected chi connectivity index (χ0v) is 15.3. The SMILES string of the molecule is CCOCC1CCCN(C(=O)CCCN2C(=O)c3ccccc3C2=O)C1. The van der Waals surface area contributed by atoms with Crippen molar-refractivity contribution in [2.75, 3.05) is 32.8 Å². The summed E-state index contributed by atoms with van der Waals surface area (Å²) < 4.78 is 5.48. The number of carbonyl (C=O) groups excluding carboxylic acids is 3. The van der Waals surface area contributed by atoms with E-state index in [2.05, 4.69) is 0 Å². The van der Waals surface area contributed by atoms with E-state index in [9.17, 15) is 14.4 Å². The molecule has 1 saturated heterocycles. The molecule has 2 aliphatic heterocycles. The van der Waals surface area contributed by atoms with Crippen LogP contribution in [0.15, 0.2) is 24.3 Å². The van der Waals surface area contributed by atoms with E-state index in [0.717, 1.165) is 25.9 Å².